The van der Waals surface area contributed by atoms with Crippen LogP contribution < -0.4 is 4.72 Å². The Morgan fingerprint density at radius 2 is 2.19 bits per heavy atom. The van der Waals surface area contributed by atoms with Crippen LogP contribution in [0.4, 0.5) is 0 Å². The summed E-state index contributed by atoms with van der Waals surface area (Å²) in [5.74, 6) is 2.39. The summed E-state index contributed by atoms with van der Waals surface area (Å²) in [7, 11) is -3.27. The Hall–Kier alpha value is -1.31. The van der Waals surface area contributed by atoms with Crippen molar-refractivity contribution < 1.29 is 8.42 Å². The molecule has 0 atom stereocenters. The quantitative estimate of drug-likeness (QED) is 0.622. The number of nitrogens with one attached hydrogen (secondary N) is 1. The molecule has 1 aromatic carbocycles. The Balaban J connectivity index is 2.63. The molecule has 4 heteroatoms. The highest BCUT2D eigenvalue weighted by molar-refractivity contribution is 7.88. The molecule has 3 nitrogen and oxygen atoms in total. The highest BCUT2D eigenvalue weighted by atomic mass is 32.2. The first-order valence-corrected chi connectivity index (χ1v) is 6.65. The Morgan fingerprint density at radius 1 is 1.44 bits per heavy atom. The predicted molar refractivity (Wildman–Crippen MR) is 65.3 cm³/mol. The largest absolute Gasteiger partial charge is 0.215 e. The van der Waals surface area contributed by atoms with Crippen molar-refractivity contribution in [3.05, 3.63) is 35.4 Å². The van der Waals surface area contributed by atoms with Gasteiger partial charge in [0.2, 0.25) is 10.0 Å². The normalized spacial score (nSPS) is 11.0. The highest BCUT2D eigenvalue weighted by Gasteiger charge is 2.10. The third kappa shape index (κ3) is 4.47. The van der Waals surface area contributed by atoms with E-state index in [-0.39, 0.29) is 5.75 Å². The summed E-state index contributed by atoms with van der Waals surface area (Å²) >= 11 is 0. The summed E-state index contributed by atoms with van der Waals surface area (Å²) in [5, 5.41) is 0. The van der Waals surface area contributed by atoms with E-state index in [1.165, 1.54) is 0 Å². The van der Waals surface area contributed by atoms with Crippen LogP contribution in [0.25, 0.3) is 0 Å². The zero-order valence-electron chi connectivity index (χ0n) is 9.23. The Kier molecular flexibility index (Phi) is 4.53. The predicted octanol–water partition coefficient (Wildman–Crippen LogP) is 1.44. The fraction of sp³-hybridized carbons (Fsp3) is 0.333. The van der Waals surface area contributed by atoms with Crippen LogP contribution in [0.15, 0.2) is 24.3 Å². The number of hydrogen-bond donors (Lipinski definition) is 1. The molecule has 0 aliphatic heterocycles. The van der Waals surface area contributed by atoms with Crippen molar-refractivity contribution in [1.29, 1.82) is 0 Å². The molecule has 0 amide bonds. The average Bonchev–Trinajstić information content (AvgIpc) is 2.17. The fourth-order valence-electron chi connectivity index (χ4n) is 1.35. The lowest BCUT2D eigenvalue weighted by Crippen LogP contribution is -2.25. The van der Waals surface area contributed by atoms with Crippen LogP contribution in [0.2, 0.25) is 0 Å². The molecule has 1 aromatic rings. The molecule has 1 rings (SSSR count). The number of rotatable bonds is 5. The van der Waals surface area contributed by atoms with Crippen LogP contribution in [0.1, 0.15) is 17.5 Å². The zero-order chi connectivity index (χ0) is 12.0. The van der Waals surface area contributed by atoms with Gasteiger partial charge in [0.15, 0.2) is 0 Å². The van der Waals surface area contributed by atoms with Crippen molar-refractivity contribution in [3.8, 4) is 12.3 Å². The van der Waals surface area contributed by atoms with Crippen molar-refractivity contribution >= 4 is 10.0 Å². The molecule has 16 heavy (non-hydrogen) atoms. The Morgan fingerprint density at radius 3 is 2.81 bits per heavy atom. The van der Waals surface area contributed by atoms with Gasteiger partial charge in [-0.15, -0.1) is 12.3 Å². The third-order valence-electron chi connectivity index (χ3n) is 2.03. The van der Waals surface area contributed by atoms with E-state index in [2.05, 4.69) is 10.6 Å². The number of benzene rings is 1. The van der Waals surface area contributed by atoms with E-state index in [9.17, 15) is 8.42 Å². The van der Waals surface area contributed by atoms with Gasteiger partial charge in [-0.1, -0.05) is 29.8 Å². The van der Waals surface area contributed by atoms with Gasteiger partial charge in [0.05, 0.1) is 5.75 Å². The van der Waals surface area contributed by atoms with Crippen LogP contribution in [0.3, 0.4) is 0 Å². The van der Waals surface area contributed by atoms with Gasteiger partial charge < -0.3 is 0 Å². The molecule has 0 radical (unpaired) electrons. The van der Waals surface area contributed by atoms with Crippen LogP contribution in [0, 0.1) is 19.3 Å². The molecule has 0 aliphatic rings. The molecule has 0 saturated carbocycles. The number of hydrogen-bond acceptors (Lipinski definition) is 2. The monoisotopic (exact) mass is 237 g/mol. The van der Waals surface area contributed by atoms with Gasteiger partial charge in [-0.2, -0.15) is 0 Å². The first-order chi connectivity index (χ1) is 7.53. The first kappa shape index (κ1) is 12.8. The summed E-state index contributed by atoms with van der Waals surface area (Å²) in [6.45, 7) is 2.23. The SMILES string of the molecule is C#CCCNS(=O)(=O)Cc1cccc(C)c1. The zero-order valence-corrected chi connectivity index (χ0v) is 10.0. The van der Waals surface area contributed by atoms with E-state index in [0.29, 0.717) is 13.0 Å². The van der Waals surface area contributed by atoms with E-state index < -0.39 is 10.0 Å². The van der Waals surface area contributed by atoms with Gasteiger partial charge in [0.1, 0.15) is 0 Å². The van der Waals surface area contributed by atoms with Crippen molar-refractivity contribution in [1.82, 2.24) is 4.72 Å². The number of sulfonamides is 1. The number of aryl methyl sites for hydroxylation is 1. The molecule has 0 fully saturated rings. The second kappa shape index (κ2) is 5.69. The maximum Gasteiger partial charge on any atom is 0.215 e. The smallest absolute Gasteiger partial charge is 0.214 e. The summed E-state index contributed by atoms with van der Waals surface area (Å²) in [5.41, 5.74) is 1.84. The highest BCUT2D eigenvalue weighted by Crippen LogP contribution is 2.07. The topological polar surface area (TPSA) is 46.2 Å². The molecular weight excluding hydrogens is 222 g/mol. The second-order valence-electron chi connectivity index (χ2n) is 3.60. The molecular formula is C12H15NO2S. The van der Waals surface area contributed by atoms with E-state index in [1.54, 1.807) is 6.07 Å². The van der Waals surface area contributed by atoms with Crippen LogP contribution in [-0.4, -0.2) is 15.0 Å². The lowest BCUT2D eigenvalue weighted by molar-refractivity contribution is 0.581. The van der Waals surface area contributed by atoms with E-state index >= 15 is 0 Å². The van der Waals surface area contributed by atoms with Crippen LogP contribution >= 0.6 is 0 Å². The molecule has 0 aromatic heterocycles. The molecule has 0 unspecified atom stereocenters. The van der Waals surface area contributed by atoms with Crippen molar-refractivity contribution in [2.75, 3.05) is 6.54 Å². The molecule has 0 bridgehead atoms. The summed E-state index contributed by atoms with van der Waals surface area (Å²) in [6, 6.07) is 7.44. The van der Waals surface area contributed by atoms with Gasteiger partial charge in [-0.25, -0.2) is 13.1 Å². The lowest BCUT2D eigenvalue weighted by atomic mass is 10.2. The minimum absolute atomic E-state index is 0.000743. The molecule has 0 spiro atoms. The lowest BCUT2D eigenvalue weighted by Gasteiger charge is -2.05. The average molecular weight is 237 g/mol. The number of terminal acetylenes is 1. The molecule has 0 aliphatic carbocycles. The van der Waals surface area contributed by atoms with Gasteiger partial charge in [0.25, 0.3) is 0 Å². The Labute approximate surface area is 96.9 Å². The summed E-state index contributed by atoms with van der Waals surface area (Å²) in [6.07, 6.45) is 5.46. The molecule has 1 N–H and O–H groups in total. The van der Waals surface area contributed by atoms with Gasteiger partial charge in [-0.05, 0) is 12.5 Å². The van der Waals surface area contributed by atoms with E-state index in [1.807, 2.05) is 25.1 Å². The summed E-state index contributed by atoms with van der Waals surface area (Å²) in [4.78, 5) is 0. The molecule has 0 heterocycles. The molecule has 0 saturated heterocycles. The minimum atomic E-state index is -3.27. The van der Waals surface area contributed by atoms with Gasteiger partial charge in [-0.3, -0.25) is 0 Å². The minimum Gasteiger partial charge on any atom is -0.214 e. The standard InChI is InChI=1S/C12H15NO2S/c1-3-4-8-13-16(14,15)10-12-7-5-6-11(2)9-12/h1,5-7,9,13H,4,8,10H2,2H3. The fourth-order valence-corrected chi connectivity index (χ4v) is 2.48. The van der Waals surface area contributed by atoms with E-state index in [0.717, 1.165) is 11.1 Å². The van der Waals surface area contributed by atoms with Gasteiger partial charge >= 0.3 is 0 Å². The van der Waals surface area contributed by atoms with Crippen molar-refractivity contribution in [2.24, 2.45) is 0 Å². The van der Waals surface area contributed by atoms with Crippen molar-refractivity contribution in [3.63, 3.8) is 0 Å². The maximum atomic E-state index is 11.6. The van der Waals surface area contributed by atoms with Crippen LogP contribution in [-0.2, 0) is 15.8 Å². The second-order valence-corrected chi connectivity index (χ2v) is 5.40. The van der Waals surface area contributed by atoms with E-state index in [4.69, 9.17) is 6.42 Å². The third-order valence-corrected chi connectivity index (χ3v) is 3.39. The molecule has 86 valence electrons. The first-order valence-electron chi connectivity index (χ1n) is 5.00. The van der Waals surface area contributed by atoms with Crippen LogP contribution in [0.5, 0.6) is 0 Å². The summed E-state index contributed by atoms with van der Waals surface area (Å²) < 4.78 is 25.7. The van der Waals surface area contributed by atoms with Gasteiger partial charge in [0, 0.05) is 13.0 Å². The maximum absolute atomic E-state index is 11.6. The van der Waals surface area contributed by atoms with Crippen molar-refractivity contribution in [2.45, 2.75) is 19.1 Å². The Bertz CT molecular complexity index is 486.